The molecule has 0 radical (unpaired) electrons. The van der Waals surface area contributed by atoms with Crippen molar-refractivity contribution in [2.24, 2.45) is 0 Å². The van der Waals surface area contributed by atoms with Crippen LogP contribution < -0.4 is 0 Å². The van der Waals surface area contributed by atoms with Gasteiger partial charge in [-0.15, -0.1) is 0 Å². The molecule has 0 aliphatic heterocycles. The van der Waals surface area contributed by atoms with Crippen molar-refractivity contribution in [1.29, 1.82) is 0 Å². The Labute approximate surface area is 134 Å². The first kappa shape index (κ1) is 13.4. The van der Waals surface area contributed by atoms with Crippen LogP contribution in [0.5, 0.6) is 0 Å². The Hall–Kier alpha value is -3.31. The Morgan fingerprint density at radius 1 is 0.652 bits per heavy atom. The van der Waals surface area contributed by atoms with Crippen LogP contribution >= 0.6 is 0 Å². The molecule has 3 aromatic carbocycles. The third-order valence-corrected chi connectivity index (χ3v) is 3.55. The molecule has 0 atom stereocenters. The van der Waals surface area contributed by atoms with Gasteiger partial charge in [-0.25, -0.2) is 4.98 Å². The van der Waals surface area contributed by atoms with Gasteiger partial charge < -0.3 is 4.42 Å². The molecule has 0 aliphatic carbocycles. The second kappa shape index (κ2) is 5.82. The number of aromatic nitrogens is 1. The molecule has 0 bridgehead atoms. The first-order chi connectivity index (χ1) is 11.4. The molecular formula is C21H13NO. The maximum atomic E-state index is 5.78. The van der Waals surface area contributed by atoms with E-state index in [9.17, 15) is 0 Å². The zero-order valence-corrected chi connectivity index (χ0v) is 12.4. The Morgan fingerprint density at radius 2 is 1.30 bits per heavy atom. The van der Waals surface area contributed by atoms with E-state index in [1.807, 2.05) is 78.9 Å². The molecule has 0 fully saturated rings. The van der Waals surface area contributed by atoms with Crippen molar-refractivity contribution in [2.75, 3.05) is 0 Å². The van der Waals surface area contributed by atoms with Gasteiger partial charge >= 0.3 is 0 Å². The van der Waals surface area contributed by atoms with Gasteiger partial charge in [0.25, 0.3) is 0 Å². The summed E-state index contributed by atoms with van der Waals surface area (Å²) in [5, 5.41) is 0. The van der Waals surface area contributed by atoms with Gasteiger partial charge in [-0.05, 0) is 48.5 Å². The quantitative estimate of drug-likeness (QED) is 0.467. The van der Waals surface area contributed by atoms with Crippen LogP contribution in [0.1, 0.15) is 11.1 Å². The Kier molecular flexibility index (Phi) is 3.38. The fourth-order valence-electron chi connectivity index (χ4n) is 2.36. The molecule has 0 aliphatic rings. The summed E-state index contributed by atoms with van der Waals surface area (Å²) in [6, 6.07) is 25.7. The van der Waals surface area contributed by atoms with Crippen molar-refractivity contribution >= 4 is 11.1 Å². The number of rotatable bonds is 1. The van der Waals surface area contributed by atoms with Crippen LogP contribution in [0, 0.1) is 11.8 Å². The highest BCUT2D eigenvalue weighted by Crippen LogP contribution is 2.24. The van der Waals surface area contributed by atoms with Gasteiger partial charge in [-0.1, -0.05) is 42.2 Å². The lowest BCUT2D eigenvalue weighted by Crippen LogP contribution is -1.79. The van der Waals surface area contributed by atoms with Crippen LogP contribution in [0.3, 0.4) is 0 Å². The first-order valence-corrected chi connectivity index (χ1v) is 7.41. The van der Waals surface area contributed by atoms with E-state index in [2.05, 4.69) is 16.8 Å². The fraction of sp³-hybridized carbons (Fsp3) is 0. The largest absolute Gasteiger partial charge is 0.436 e. The average Bonchev–Trinajstić information content (AvgIpc) is 3.05. The summed E-state index contributed by atoms with van der Waals surface area (Å²) < 4.78 is 5.78. The topological polar surface area (TPSA) is 26.0 Å². The molecule has 0 spiro atoms. The van der Waals surface area contributed by atoms with E-state index in [1.54, 1.807) is 0 Å². The number of benzene rings is 3. The minimum atomic E-state index is 0.633. The highest BCUT2D eigenvalue weighted by molar-refractivity contribution is 5.76. The smallest absolute Gasteiger partial charge is 0.227 e. The third-order valence-electron chi connectivity index (χ3n) is 3.55. The molecular weight excluding hydrogens is 282 g/mol. The Morgan fingerprint density at radius 3 is 2.04 bits per heavy atom. The molecule has 1 aromatic heterocycles. The second-order valence-electron chi connectivity index (χ2n) is 5.18. The molecule has 2 heteroatoms. The lowest BCUT2D eigenvalue weighted by molar-refractivity contribution is 0.620. The molecule has 4 aromatic rings. The molecule has 4 rings (SSSR count). The minimum Gasteiger partial charge on any atom is -0.436 e. The summed E-state index contributed by atoms with van der Waals surface area (Å²) in [5.74, 6) is 6.95. The number of hydrogen-bond acceptors (Lipinski definition) is 2. The van der Waals surface area contributed by atoms with Gasteiger partial charge in [0.2, 0.25) is 5.89 Å². The number of oxazole rings is 1. The molecule has 108 valence electrons. The highest BCUT2D eigenvalue weighted by atomic mass is 16.3. The summed E-state index contributed by atoms with van der Waals surface area (Å²) in [6.45, 7) is 0. The average molecular weight is 295 g/mol. The molecule has 0 amide bonds. The van der Waals surface area contributed by atoms with Crippen LogP contribution in [0.2, 0.25) is 0 Å². The predicted molar refractivity (Wildman–Crippen MR) is 91.9 cm³/mol. The Bertz CT molecular complexity index is 969. The maximum Gasteiger partial charge on any atom is 0.227 e. The van der Waals surface area contributed by atoms with Crippen molar-refractivity contribution in [3.63, 3.8) is 0 Å². The van der Waals surface area contributed by atoms with Crippen LogP contribution in [-0.2, 0) is 0 Å². The van der Waals surface area contributed by atoms with Gasteiger partial charge in [0.1, 0.15) is 5.52 Å². The van der Waals surface area contributed by atoms with E-state index in [1.165, 1.54) is 0 Å². The Balaban J connectivity index is 1.62. The predicted octanol–water partition coefficient (Wildman–Crippen LogP) is 4.89. The van der Waals surface area contributed by atoms with Crippen molar-refractivity contribution in [3.05, 3.63) is 90.0 Å². The normalized spacial score (nSPS) is 10.3. The zero-order chi connectivity index (χ0) is 15.5. The molecule has 0 unspecified atom stereocenters. The van der Waals surface area contributed by atoms with Crippen molar-refractivity contribution in [2.45, 2.75) is 0 Å². The van der Waals surface area contributed by atoms with E-state index < -0.39 is 0 Å². The van der Waals surface area contributed by atoms with E-state index in [0.29, 0.717) is 5.89 Å². The third kappa shape index (κ3) is 2.86. The van der Waals surface area contributed by atoms with E-state index in [0.717, 1.165) is 27.8 Å². The molecule has 0 saturated heterocycles. The van der Waals surface area contributed by atoms with Crippen molar-refractivity contribution < 1.29 is 4.42 Å². The fourth-order valence-corrected chi connectivity index (χ4v) is 2.36. The maximum absolute atomic E-state index is 5.78. The summed E-state index contributed by atoms with van der Waals surface area (Å²) in [7, 11) is 0. The van der Waals surface area contributed by atoms with Crippen molar-refractivity contribution in [1.82, 2.24) is 4.98 Å². The molecule has 23 heavy (non-hydrogen) atoms. The molecule has 2 nitrogen and oxygen atoms in total. The van der Waals surface area contributed by atoms with Gasteiger partial charge in [0.05, 0.1) is 0 Å². The van der Waals surface area contributed by atoms with Gasteiger partial charge in [-0.3, -0.25) is 0 Å². The lowest BCUT2D eigenvalue weighted by Gasteiger charge is -1.95. The SMILES string of the molecule is C(#Cc1ccc(-c2nc3ccccc3o2)cc1)c1ccccc1. The van der Waals surface area contributed by atoms with Gasteiger partial charge in [0.15, 0.2) is 5.58 Å². The molecule has 0 saturated carbocycles. The molecule has 0 N–H and O–H groups in total. The van der Waals surface area contributed by atoms with Crippen molar-refractivity contribution in [3.8, 4) is 23.3 Å². The van der Waals surface area contributed by atoms with E-state index in [-0.39, 0.29) is 0 Å². The number of para-hydroxylation sites is 2. The minimum absolute atomic E-state index is 0.633. The van der Waals surface area contributed by atoms with Gasteiger partial charge in [0, 0.05) is 16.7 Å². The standard InChI is InChI=1S/C21H13NO/c1-2-6-16(7-3-1)10-11-17-12-14-18(15-13-17)21-22-19-8-4-5-9-20(19)23-21/h1-9,12-15H. The van der Waals surface area contributed by atoms with Crippen LogP contribution in [-0.4, -0.2) is 4.98 Å². The number of nitrogens with zero attached hydrogens (tertiary/aromatic N) is 1. The number of hydrogen-bond donors (Lipinski definition) is 0. The van der Waals surface area contributed by atoms with Crippen LogP contribution in [0.15, 0.2) is 83.3 Å². The first-order valence-electron chi connectivity index (χ1n) is 7.41. The highest BCUT2D eigenvalue weighted by Gasteiger charge is 2.06. The van der Waals surface area contributed by atoms with Gasteiger partial charge in [-0.2, -0.15) is 0 Å². The summed E-state index contributed by atoms with van der Waals surface area (Å²) >= 11 is 0. The van der Waals surface area contributed by atoms with E-state index >= 15 is 0 Å². The summed E-state index contributed by atoms with van der Waals surface area (Å²) in [4.78, 5) is 4.50. The second-order valence-corrected chi connectivity index (χ2v) is 5.18. The zero-order valence-electron chi connectivity index (χ0n) is 12.4. The van der Waals surface area contributed by atoms with E-state index in [4.69, 9.17) is 4.42 Å². The summed E-state index contributed by atoms with van der Waals surface area (Å²) in [5.41, 5.74) is 4.60. The lowest BCUT2D eigenvalue weighted by atomic mass is 10.1. The van der Waals surface area contributed by atoms with Crippen LogP contribution in [0.4, 0.5) is 0 Å². The molecule has 1 heterocycles. The monoisotopic (exact) mass is 295 g/mol. The number of fused-ring (bicyclic) bond motifs is 1. The summed E-state index contributed by atoms with van der Waals surface area (Å²) in [6.07, 6.45) is 0. The van der Waals surface area contributed by atoms with Crippen LogP contribution in [0.25, 0.3) is 22.6 Å².